The van der Waals surface area contributed by atoms with Crippen molar-refractivity contribution >= 4 is 18.0 Å². The Balaban J connectivity index is 2.00. The predicted octanol–water partition coefficient (Wildman–Crippen LogP) is -0.103. The van der Waals surface area contributed by atoms with E-state index in [9.17, 15) is 19.5 Å². The van der Waals surface area contributed by atoms with Gasteiger partial charge in [-0.1, -0.05) is 30.3 Å². The Morgan fingerprint density at radius 1 is 1.18 bits per heavy atom. The monoisotopic (exact) mass is 390 g/mol. The number of nitrogens with zero attached hydrogens (tertiary/aromatic N) is 1. The van der Waals surface area contributed by atoms with E-state index < -0.39 is 36.7 Å². The third kappa shape index (κ3) is 6.40. The molecule has 0 saturated heterocycles. The molecular formula is C18H22N4O6. The summed E-state index contributed by atoms with van der Waals surface area (Å²) in [5, 5.41) is 14.1. The van der Waals surface area contributed by atoms with Crippen molar-refractivity contribution in [3.63, 3.8) is 0 Å². The van der Waals surface area contributed by atoms with Crippen molar-refractivity contribution in [2.24, 2.45) is 0 Å². The van der Waals surface area contributed by atoms with E-state index in [1.54, 1.807) is 12.1 Å². The fourth-order valence-electron chi connectivity index (χ4n) is 2.33. The Labute approximate surface area is 161 Å². The van der Waals surface area contributed by atoms with Crippen molar-refractivity contribution in [3.05, 3.63) is 54.1 Å². The molecule has 1 aromatic heterocycles. The summed E-state index contributed by atoms with van der Waals surface area (Å²) in [5.74, 6) is -1.49. The molecule has 2 amide bonds. The topological polar surface area (TPSA) is 143 Å². The van der Waals surface area contributed by atoms with Crippen LogP contribution in [0, 0.1) is 0 Å². The second-order valence-electron chi connectivity index (χ2n) is 5.81. The molecule has 0 aliphatic heterocycles. The number of esters is 1. The molecule has 1 heterocycles. The number of amides is 2. The number of aromatic nitrogens is 2. The number of ether oxygens (including phenoxy) is 2. The van der Waals surface area contributed by atoms with Gasteiger partial charge in [-0.3, -0.25) is 4.79 Å². The zero-order valence-electron chi connectivity index (χ0n) is 15.3. The second-order valence-corrected chi connectivity index (χ2v) is 5.81. The van der Waals surface area contributed by atoms with Crippen LogP contribution in [-0.4, -0.2) is 58.8 Å². The number of H-pyrrole nitrogens is 1. The zero-order chi connectivity index (χ0) is 20.4. The van der Waals surface area contributed by atoms with E-state index >= 15 is 0 Å². The SMILES string of the molecule is COC(=O)[C@H](CO)NC(=O)[C@H](Cc1cnc[nH]1)NC(=O)OCc1ccccc1. The molecule has 0 spiro atoms. The molecule has 4 N–H and O–H groups in total. The molecule has 2 aromatic rings. The molecule has 0 aliphatic carbocycles. The Morgan fingerprint density at radius 2 is 1.93 bits per heavy atom. The molecule has 0 aliphatic rings. The van der Waals surface area contributed by atoms with E-state index in [0.717, 1.165) is 12.7 Å². The van der Waals surface area contributed by atoms with Crippen molar-refractivity contribution in [2.75, 3.05) is 13.7 Å². The van der Waals surface area contributed by atoms with Gasteiger partial charge in [-0.15, -0.1) is 0 Å². The Morgan fingerprint density at radius 3 is 2.54 bits per heavy atom. The molecule has 1 aromatic carbocycles. The molecule has 0 bridgehead atoms. The molecule has 10 heteroatoms. The van der Waals surface area contributed by atoms with E-state index in [1.165, 1.54) is 12.5 Å². The van der Waals surface area contributed by atoms with Gasteiger partial charge < -0.3 is 30.2 Å². The number of carbonyl (C=O) groups excluding carboxylic acids is 3. The fraction of sp³-hybridized carbons (Fsp3) is 0.333. The van der Waals surface area contributed by atoms with Crippen molar-refractivity contribution in [1.82, 2.24) is 20.6 Å². The standard InChI is InChI=1S/C18H22N4O6/c1-27-17(25)15(9-23)21-16(24)14(7-13-8-19-11-20-13)22-18(26)28-10-12-5-3-2-4-6-12/h2-6,8,11,14-15,23H,7,9-10H2,1H3,(H,19,20)(H,21,24)(H,22,26)/t14-,15-/m0/s1. The van der Waals surface area contributed by atoms with Crippen molar-refractivity contribution < 1.29 is 29.0 Å². The van der Waals surface area contributed by atoms with Crippen molar-refractivity contribution in [1.29, 1.82) is 0 Å². The van der Waals surface area contributed by atoms with Crippen LogP contribution in [0.5, 0.6) is 0 Å². The number of nitrogens with one attached hydrogen (secondary N) is 3. The number of benzene rings is 1. The number of alkyl carbamates (subject to hydrolysis) is 1. The Bertz CT molecular complexity index is 766. The minimum atomic E-state index is -1.25. The van der Waals surface area contributed by atoms with Crippen LogP contribution < -0.4 is 10.6 Å². The normalized spacial score (nSPS) is 12.5. The predicted molar refractivity (Wildman–Crippen MR) is 96.9 cm³/mol. The van der Waals surface area contributed by atoms with Crippen LogP contribution in [0.25, 0.3) is 0 Å². The van der Waals surface area contributed by atoms with Crippen LogP contribution in [0.3, 0.4) is 0 Å². The lowest BCUT2D eigenvalue weighted by molar-refractivity contribution is -0.146. The van der Waals surface area contributed by atoms with Crippen LogP contribution in [0.15, 0.2) is 42.9 Å². The van der Waals surface area contributed by atoms with E-state index in [4.69, 9.17) is 4.74 Å². The van der Waals surface area contributed by atoms with E-state index in [2.05, 4.69) is 25.3 Å². The van der Waals surface area contributed by atoms with Gasteiger partial charge in [-0.2, -0.15) is 0 Å². The third-order valence-electron chi connectivity index (χ3n) is 3.78. The van der Waals surface area contributed by atoms with Gasteiger partial charge in [0.15, 0.2) is 6.04 Å². The summed E-state index contributed by atoms with van der Waals surface area (Å²) >= 11 is 0. The maximum absolute atomic E-state index is 12.5. The van der Waals surface area contributed by atoms with Crippen molar-refractivity contribution in [2.45, 2.75) is 25.1 Å². The number of aliphatic hydroxyl groups is 1. The van der Waals surface area contributed by atoms with Crippen LogP contribution in [0.1, 0.15) is 11.3 Å². The molecule has 0 fully saturated rings. The van der Waals surface area contributed by atoms with Crippen LogP contribution in [-0.2, 0) is 32.1 Å². The van der Waals surface area contributed by atoms with Gasteiger partial charge in [0.1, 0.15) is 12.6 Å². The number of carbonyl (C=O) groups is 3. The molecule has 10 nitrogen and oxygen atoms in total. The number of rotatable bonds is 9. The summed E-state index contributed by atoms with van der Waals surface area (Å²) in [6, 6.07) is 6.74. The second kappa shape index (κ2) is 10.7. The highest BCUT2D eigenvalue weighted by Gasteiger charge is 2.27. The molecular weight excluding hydrogens is 368 g/mol. The number of imidazole rings is 1. The van der Waals surface area contributed by atoms with Gasteiger partial charge in [0, 0.05) is 18.3 Å². The lowest BCUT2D eigenvalue weighted by Gasteiger charge is -2.20. The smallest absolute Gasteiger partial charge is 0.408 e. The van der Waals surface area contributed by atoms with E-state index in [0.29, 0.717) is 5.69 Å². The first-order valence-corrected chi connectivity index (χ1v) is 8.47. The molecule has 2 rings (SSSR count). The third-order valence-corrected chi connectivity index (χ3v) is 3.78. The average Bonchev–Trinajstić information content (AvgIpc) is 3.23. The van der Waals surface area contributed by atoms with Crippen LogP contribution in [0.4, 0.5) is 4.79 Å². The summed E-state index contributed by atoms with van der Waals surface area (Å²) in [4.78, 5) is 42.9. The zero-order valence-corrected chi connectivity index (χ0v) is 15.3. The molecule has 0 unspecified atom stereocenters. The lowest BCUT2D eigenvalue weighted by atomic mass is 10.1. The van der Waals surface area contributed by atoms with Crippen LogP contribution in [0.2, 0.25) is 0 Å². The Kier molecular flexibility index (Phi) is 7.97. The number of methoxy groups -OCH3 is 1. The van der Waals surface area contributed by atoms with Gasteiger partial charge in [-0.05, 0) is 5.56 Å². The summed E-state index contributed by atoms with van der Waals surface area (Å²) in [6.45, 7) is -0.611. The highest BCUT2D eigenvalue weighted by Crippen LogP contribution is 2.03. The summed E-state index contributed by atoms with van der Waals surface area (Å²) < 4.78 is 9.65. The average molecular weight is 390 g/mol. The molecule has 2 atom stereocenters. The minimum absolute atomic E-state index is 0.0342. The maximum Gasteiger partial charge on any atom is 0.408 e. The largest absolute Gasteiger partial charge is 0.467 e. The molecule has 0 saturated carbocycles. The van der Waals surface area contributed by atoms with E-state index in [-0.39, 0.29) is 13.0 Å². The van der Waals surface area contributed by atoms with Crippen LogP contribution >= 0.6 is 0 Å². The number of hydrogen-bond acceptors (Lipinski definition) is 7. The molecule has 150 valence electrons. The highest BCUT2D eigenvalue weighted by molar-refractivity contribution is 5.89. The summed E-state index contributed by atoms with van der Waals surface area (Å²) in [6.07, 6.45) is 2.21. The van der Waals surface area contributed by atoms with Gasteiger partial charge in [0.25, 0.3) is 0 Å². The summed E-state index contributed by atoms with van der Waals surface area (Å²) in [7, 11) is 1.14. The molecule has 28 heavy (non-hydrogen) atoms. The highest BCUT2D eigenvalue weighted by atomic mass is 16.5. The van der Waals surface area contributed by atoms with Gasteiger partial charge in [-0.25, -0.2) is 14.6 Å². The van der Waals surface area contributed by atoms with Crippen molar-refractivity contribution in [3.8, 4) is 0 Å². The number of aromatic amines is 1. The van der Waals surface area contributed by atoms with Gasteiger partial charge in [0.05, 0.1) is 20.0 Å². The maximum atomic E-state index is 12.5. The van der Waals surface area contributed by atoms with Gasteiger partial charge in [0.2, 0.25) is 5.91 Å². The minimum Gasteiger partial charge on any atom is -0.467 e. The quantitative estimate of drug-likeness (QED) is 0.438. The lowest BCUT2D eigenvalue weighted by Crippen LogP contribution is -2.53. The number of aliphatic hydroxyl groups excluding tert-OH is 1. The van der Waals surface area contributed by atoms with E-state index in [1.807, 2.05) is 18.2 Å². The first-order valence-electron chi connectivity index (χ1n) is 8.47. The molecule has 0 radical (unpaired) electrons. The first-order chi connectivity index (χ1) is 13.5. The fourth-order valence-corrected chi connectivity index (χ4v) is 2.33. The first kappa shape index (κ1) is 20.9. The summed E-state index contributed by atoms with van der Waals surface area (Å²) in [5.41, 5.74) is 1.38. The number of hydrogen-bond donors (Lipinski definition) is 4. The Hall–Kier alpha value is -3.40. The van der Waals surface area contributed by atoms with Gasteiger partial charge >= 0.3 is 12.1 Å².